The lowest BCUT2D eigenvalue weighted by Crippen LogP contribution is -2.23. The summed E-state index contributed by atoms with van der Waals surface area (Å²) in [4.78, 5) is 20.9. The van der Waals surface area contributed by atoms with Gasteiger partial charge in [0, 0.05) is 48.3 Å². The van der Waals surface area contributed by atoms with Gasteiger partial charge in [0.25, 0.3) is 0 Å². The summed E-state index contributed by atoms with van der Waals surface area (Å²) < 4.78 is 25.9. The van der Waals surface area contributed by atoms with Crippen LogP contribution in [0.2, 0.25) is 0 Å². The summed E-state index contributed by atoms with van der Waals surface area (Å²) >= 11 is 0. The van der Waals surface area contributed by atoms with Gasteiger partial charge in [-0.25, -0.2) is 14.2 Å². The van der Waals surface area contributed by atoms with E-state index in [9.17, 15) is 10.1 Å². The van der Waals surface area contributed by atoms with Crippen LogP contribution in [0.25, 0.3) is 21.9 Å². The van der Waals surface area contributed by atoms with Gasteiger partial charge in [-0.15, -0.1) is 0 Å². The van der Waals surface area contributed by atoms with Gasteiger partial charge in [0.15, 0.2) is 5.82 Å². The Morgan fingerprint density at radius 3 is 2.97 bits per heavy atom. The molecule has 1 amide bonds. The number of nitrogens with two attached hydrogens (primary N) is 1. The molecule has 5 rings (SSSR count). The molecule has 4 heterocycles. The van der Waals surface area contributed by atoms with Crippen LogP contribution in [0.15, 0.2) is 24.5 Å². The number of hydrogen-bond acceptors (Lipinski definition) is 8. The number of halogens is 1. The molecule has 0 radical (unpaired) electrons. The van der Waals surface area contributed by atoms with Gasteiger partial charge in [-0.2, -0.15) is 5.26 Å². The number of fused-ring (bicyclic) bond motifs is 2. The summed E-state index contributed by atoms with van der Waals surface area (Å²) in [5.41, 5.74) is 9.42. The zero-order valence-electron chi connectivity index (χ0n) is 18.5. The largest absolute Gasteiger partial charge is 0.443 e. The smallest absolute Gasteiger partial charge is 0.413 e. The van der Waals surface area contributed by atoms with Crippen molar-refractivity contribution in [1.29, 1.82) is 5.26 Å². The number of nitrogens with one attached hydrogen (secondary N) is 2. The van der Waals surface area contributed by atoms with Crippen LogP contribution in [-0.4, -0.2) is 41.9 Å². The molecule has 2 aliphatic rings. The molecule has 0 spiro atoms. The van der Waals surface area contributed by atoms with Gasteiger partial charge in [0.2, 0.25) is 0 Å². The Bertz CT molecular complexity index is 1330. The summed E-state index contributed by atoms with van der Waals surface area (Å²) in [5.74, 6) is -0.450. The molecule has 34 heavy (non-hydrogen) atoms. The number of carbonyl (C=O) groups excluding carboxylic acids is 1. The van der Waals surface area contributed by atoms with Crippen LogP contribution < -0.4 is 16.4 Å². The normalized spacial score (nSPS) is 19.2. The third kappa shape index (κ3) is 3.95. The van der Waals surface area contributed by atoms with E-state index in [0.717, 1.165) is 16.9 Å². The number of rotatable bonds is 3. The highest BCUT2D eigenvalue weighted by atomic mass is 19.1. The Morgan fingerprint density at radius 2 is 2.21 bits per heavy atom. The second-order valence-electron chi connectivity index (χ2n) is 8.49. The molecule has 1 fully saturated rings. The number of anilines is 3. The number of amides is 1. The molecule has 4 N–H and O–H groups in total. The molecule has 2 aliphatic heterocycles. The summed E-state index contributed by atoms with van der Waals surface area (Å²) in [5, 5.41) is 16.1. The van der Waals surface area contributed by atoms with E-state index in [1.54, 1.807) is 18.3 Å². The van der Waals surface area contributed by atoms with E-state index in [0.29, 0.717) is 54.5 Å². The fraction of sp³-hybridized carbons (Fsp3) is 0.333. The van der Waals surface area contributed by atoms with Crippen molar-refractivity contribution in [3.05, 3.63) is 41.6 Å². The number of hydrogen-bond donors (Lipinski definition) is 3. The maximum atomic E-state index is 15.3. The molecule has 10 heteroatoms. The van der Waals surface area contributed by atoms with Crippen molar-refractivity contribution in [3.63, 3.8) is 0 Å². The monoisotopic (exact) mass is 462 g/mol. The number of pyridine rings is 2. The fourth-order valence-corrected chi connectivity index (χ4v) is 4.39. The van der Waals surface area contributed by atoms with Crippen molar-refractivity contribution in [3.8, 4) is 17.2 Å². The van der Waals surface area contributed by atoms with Crippen molar-refractivity contribution in [2.45, 2.75) is 25.9 Å². The molecule has 1 aromatic carbocycles. The van der Waals surface area contributed by atoms with E-state index >= 15 is 4.39 Å². The average molecular weight is 462 g/mol. The molecule has 0 aliphatic carbocycles. The van der Waals surface area contributed by atoms with E-state index in [-0.39, 0.29) is 23.5 Å². The second-order valence-corrected chi connectivity index (χ2v) is 8.49. The van der Waals surface area contributed by atoms with Crippen LogP contribution in [0.3, 0.4) is 0 Å². The van der Waals surface area contributed by atoms with Gasteiger partial charge < -0.3 is 20.5 Å². The molecule has 0 bridgehead atoms. The molecule has 1 unspecified atom stereocenters. The number of aromatic nitrogens is 2. The van der Waals surface area contributed by atoms with E-state index in [1.807, 2.05) is 6.92 Å². The van der Waals surface area contributed by atoms with Crippen LogP contribution in [0, 0.1) is 30.0 Å². The minimum atomic E-state index is -0.630. The first kappa shape index (κ1) is 21.9. The SMILES string of the molecule is Cc1c(-c2cc3cc(NC(=O)O[C@H]4CCOC4)ncc3c(N)c2F)cnc2c1NCC(C#N)C2. The lowest BCUT2D eigenvalue weighted by atomic mass is 9.92. The molecular formula is C24H23FN6O3. The highest BCUT2D eigenvalue weighted by Gasteiger charge is 2.24. The molecule has 0 saturated carbocycles. The predicted octanol–water partition coefficient (Wildman–Crippen LogP) is 3.77. The average Bonchev–Trinajstić information content (AvgIpc) is 3.34. The summed E-state index contributed by atoms with van der Waals surface area (Å²) in [7, 11) is 0. The van der Waals surface area contributed by atoms with Crippen LogP contribution in [0.4, 0.5) is 26.4 Å². The van der Waals surface area contributed by atoms with E-state index < -0.39 is 11.9 Å². The van der Waals surface area contributed by atoms with Crippen molar-refractivity contribution in [1.82, 2.24) is 9.97 Å². The highest BCUT2D eigenvalue weighted by Crippen LogP contribution is 2.38. The number of nitrogen functional groups attached to an aromatic ring is 1. The molecule has 3 aromatic rings. The van der Waals surface area contributed by atoms with Gasteiger partial charge in [0.05, 0.1) is 42.3 Å². The Morgan fingerprint density at radius 1 is 1.35 bits per heavy atom. The van der Waals surface area contributed by atoms with Crippen molar-refractivity contribution in [2.75, 3.05) is 36.1 Å². The standard InChI is InChI=1S/C24H23FN6O3/c1-12-17(9-28-19-4-13(7-26)8-30-23(12)19)16-5-14-6-20(29-10-18(14)22(27)21(16)25)31-24(32)34-15-2-3-33-11-15/h5-6,9-10,13,15,30H,2-4,8,11,27H2,1H3,(H,29,31,32)/t13?,15-/m0/s1. The van der Waals surface area contributed by atoms with E-state index in [4.69, 9.17) is 15.2 Å². The topological polar surface area (TPSA) is 135 Å². The highest BCUT2D eigenvalue weighted by molar-refractivity contribution is 5.99. The van der Waals surface area contributed by atoms with Crippen LogP contribution >= 0.6 is 0 Å². The zero-order chi connectivity index (χ0) is 23.8. The van der Waals surface area contributed by atoms with E-state index in [1.165, 1.54) is 6.20 Å². The minimum absolute atomic E-state index is 0.0353. The third-order valence-corrected chi connectivity index (χ3v) is 6.25. The van der Waals surface area contributed by atoms with Crippen LogP contribution in [-0.2, 0) is 15.9 Å². The maximum Gasteiger partial charge on any atom is 0.413 e. The lowest BCUT2D eigenvalue weighted by Gasteiger charge is -2.24. The van der Waals surface area contributed by atoms with Gasteiger partial charge in [-0.1, -0.05) is 0 Å². The first-order valence-electron chi connectivity index (χ1n) is 11.0. The Labute approximate surface area is 195 Å². The molecular weight excluding hydrogens is 439 g/mol. The number of ether oxygens (including phenoxy) is 2. The number of nitrogens with zero attached hydrogens (tertiary/aromatic N) is 3. The second kappa shape index (κ2) is 8.76. The van der Waals surface area contributed by atoms with Gasteiger partial charge in [-0.05, 0) is 30.0 Å². The fourth-order valence-electron chi connectivity index (χ4n) is 4.39. The Hall–Kier alpha value is -3.97. The van der Waals surface area contributed by atoms with Crippen LogP contribution in [0.5, 0.6) is 0 Å². The number of benzene rings is 1. The predicted molar refractivity (Wildman–Crippen MR) is 125 cm³/mol. The van der Waals surface area contributed by atoms with Gasteiger partial charge >= 0.3 is 6.09 Å². The molecule has 2 aromatic heterocycles. The van der Waals surface area contributed by atoms with Crippen LogP contribution in [0.1, 0.15) is 17.7 Å². The first-order chi connectivity index (χ1) is 16.4. The Kier molecular flexibility index (Phi) is 5.63. The Balaban J connectivity index is 1.49. The van der Waals surface area contributed by atoms with Crippen molar-refractivity contribution in [2.24, 2.45) is 5.92 Å². The maximum absolute atomic E-state index is 15.3. The number of carbonyl (C=O) groups is 1. The van der Waals surface area contributed by atoms with Crippen molar-refractivity contribution >= 4 is 34.1 Å². The summed E-state index contributed by atoms with van der Waals surface area (Å²) in [6, 6.07) is 5.55. The van der Waals surface area contributed by atoms with Crippen molar-refractivity contribution < 1.29 is 18.7 Å². The summed E-state index contributed by atoms with van der Waals surface area (Å²) in [6.07, 6.45) is 3.32. The third-order valence-electron chi connectivity index (χ3n) is 6.25. The minimum Gasteiger partial charge on any atom is -0.443 e. The quantitative estimate of drug-likeness (QED) is 0.501. The lowest BCUT2D eigenvalue weighted by molar-refractivity contribution is 0.0931. The molecule has 174 valence electrons. The van der Waals surface area contributed by atoms with E-state index in [2.05, 4.69) is 26.7 Å². The molecule has 9 nitrogen and oxygen atoms in total. The zero-order valence-corrected chi connectivity index (χ0v) is 18.5. The first-order valence-corrected chi connectivity index (χ1v) is 11.0. The van der Waals surface area contributed by atoms with Gasteiger partial charge in [-0.3, -0.25) is 10.3 Å². The number of nitriles is 1. The summed E-state index contributed by atoms with van der Waals surface area (Å²) in [6.45, 7) is 3.34. The molecule has 2 atom stereocenters. The van der Waals surface area contributed by atoms with Gasteiger partial charge in [0.1, 0.15) is 11.9 Å². The molecule has 1 saturated heterocycles.